The van der Waals surface area contributed by atoms with Crippen molar-refractivity contribution < 1.29 is 9.90 Å². The monoisotopic (exact) mass is 301 g/mol. The fraction of sp³-hybridized carbons (Fsp3) is 0.529. The lowest BCUT2D eigenvalue weighted by Gasteiger charge is -2.29. The highest BCUT2D eigenvalue weighted by molar-refractivity contribution is 5.71. The molecule has 1 aliphatic rings. The smallest absolute Gasteiger partial charge is 0.308 e. The number of rotatable bonds is 7. The molecule has 0 amide bonds. The van der Waals surface area contributed by atoms with E-state index in [9.17, 15) is 15.2 Å². The van der Waals surface area contributed by atoms with Crippen LogP contribution in [0.2, 0.25) is 0 Å². The quantitative estimate of drug-likeness (QED) is 0.836. The molecule has 1 aliphatic heterocycles. The highest BCUT2D eigenvalue weighted by Crippen LogP contribution is 2.21. The molecule has 118 valence electrons. The molecule has 1 heterocycles. The molecule has 0 aromatic heterocycles. The van der Waals surface area contributed by atoms with Gasteiger partial charge in [-0.3, -0.25) is 4.79 Å². The topological polar surface area (TPSA) is 67.6 Å². The van der Waals surface area contributed by atoms with Crippen LogP contribution in [0.5, 0.6) is 0 Å². The number of likely N-dealkylation sites (tertiary alicyclic amines) is 1. The van der Waals surface area contributed by atoms with Crippen molar-refractivity contribution in [3.63, 3.8) is 0 Å². The highest BCUT2D eigenvalue weighted by Gasteiger charge is 2.20. The van der Waals surface area contributed by atoms with E-state index in [1.807, 2.05) is 23.1 Å². The SMILES string of the molecule is CC(CN(CCN1CCCC1)c1ccccc1C#N)C(=O)O. The van der Waals surface area contributed by atoms with E-state index in [0.717, 1.165) is 31.9 Å². The predicted molar refractivity (Wildman–Crippen MR) is 85.8 cm³/mol. The highest BCUT2D eigenvalue weighted by atomic mass is 16.4. The Labute approximate surface area is 131 Å². The fourth-order valence-corrected chi connectivity index (χ4v) is 2.83. The Hall–Kier alpha value is -2.06. The van der Waals surface area contributed by atoms with E-state index in [4.69, 9.17) is 0 Å². The second-order valence-corrected chi connectivity index (χ2v) is 5.86. The zero-order valence-corrected chi connectivity index (χ0v) is 13.0. The summed E-state index contributed by atoms with van der Waals surface area (Å²) in [6.45, 7) is 6.01. The number of carboxylic acids is 1. The Kier molecular flexibility index (Phi) is 5.79. The van der Waals surface area contributed by atoms with E-state index in [0.29, 0.717) is 12.1 Å². The summed E-state index contributed by atoms with van der Waals surface area (Å²) in [5, 5.41) is 18.5. The Balaban J connectivity index is 2.12. The molecule has 1 atom stereocenters. The molecular weight excluding hydrogens is 278 g/mol. The minimum atomic E-state index is -0.805. The van der Waals surface area contributed by atoms with Crippen LogP contribution in [0.4, 0.5) is 5.69 Å². The van der Waals surface area contributed by atoms with Crippen LogP contribution in [-0.2, 0) is 4.79 Å². The largest absolute Gasteiger partial charge is 0.481 e. The summed E-state index contributed by atoms with van der Waals surface area (Å²) in [5.41, 5.74) is 1.43. The number of hydrogen-bond acceptors (Lipinski definition) is 4. The van der Waals surface area contributed by atoms with Gasteiger partial charge in [0.25, 0.3) is 0 Å². The van der Waals surface area contributed by atoms with Gasteiger partial charge in [0.15, 0.2) is 0 Å². The average molecular weight is 301 g/mol. The molecule has 1 unspecified atom stereocenters. The van der Waals surface area contributed by atoms with Crippen LogP contribution < -0.4 is 4.90 Å². The molecule has 0 spiro atoms. The Morgan fingerprint density at radius 3 is 2.73 bits per heavy atom. The maximum absolute atomic E-state index is 11.2. The van der Waals surface area contributed by atoms with E-state index in [2.05, 4.69) is 11.0 Å². The Morgan fingerprint density at radius 1 is 1.41 bits per heavy atom. The van der Waals surface area contributed by atoms with Crippen molar-refractivity contribution in [1.82, 2.24) is 4.90 Å². The van der Waals surface area contributed by atoms with Crippen molar-refractivity contribution in [1.29, 1.82) is 5.26 Å². The molecule has 0 bridgehead atoms. The van der Waals surface area contributed by atoms with Crippen molar-refractivity contribution in [2.75, 3.05) is 37.6 Å². The Morgan fingerprint density at radius 2 is 2.09 bits per heavy atom. The van der Waals surface area contributed by atoms with Gasteiger partial charge < -0.3 is 14.9 Å². The molecule has 22 heavy (non-hydrogen) atoms. The number of nitriles is 1. The normalized spacial score (nSPS) is 16.2. The van der Waals surface area contributed by atoms with Crippen LogP contribution in [0.15, 0.2) is 24.3 Å². The molecular formula is C17H23N3O2. The molecule has 0 radical (unpaired) electrons. The average Bonchev–Trinajstić information content (AvgIpc) is 3.04. The first-order chi connectivity index (χ1) is 10.6. The third kappa shape index (κ3) is 4.22. The summed E-state index contributed by atoms with van der Waals surface area (Å²) >= 11 is 0. The Bertz CT molecular complexity index is 547. The molecule has 1 aromatic rings. The van der Waals surface area contributed by atoms with E-state index >= 15 is 0 Å². The lowest BCUT2D eigenvalue weighted by Crippen LogP contribution is -2.38. The van der Waals surface area contributed by atoms with Gasteiger partial charge in [-0.1, -0.05) is 19.1 Å². The zero-order chi connectivity index (χ0) is 15.9. The number of hydrogen-bond donors (Lipinski definition) is 1. The van der Waals surface area contributed by atoms with Gasteiger partial charge in [-0.15, -0.1) is 0 Å². The molecule has 5 heteroatoms. The van der Waals surface area contributed by atoms with Gasteiger partial charge in [-0.05, 0) is 38.1 Å². The van der Waals surface area contributed by atoms with E-state index in [1.165, 1.54) is 12.8 Å². The van der Waals surface area contributed by atoms with Crippen LogP contribution in [0, 0.1) is 17.2 Å². The standard InChI is InChI=1S/C17H23N3O2/c1-14(17(21)22)13-20(11-10-19-8-4-5-9-19)16-7-3-2-6-15(16)12-18/h2-3,6-7,14H,4-5,8-11,13H2,1H3,(H,21,22). The van der Waals surface area contributed by atoms with Crippen LogP contribution in [0.1, 0.15) is 25.3 Å². The summed E-state index contributed by atoms with van der Waals surface area (Å²) in [5.74, 6) is -1.27. The van der Waals surface area contributed by atoms with Crippen LogP contribution in [0.25, 0.3) is 0 Å². The molecule has 2 rings (SSSR count). The van der Waals surface area contributed by atoms with Crippen LogP contribution in [-0.4, -0.2) is 48.7 Å². The van der Waals surface area contributed by atoms with Crippen molar-refractivity contribution in [3.05, 3.63) is 29.8 Å². The summed E-state index contributed by atoms with van der Waals surface area (Å²) in [7, 11) is 0. The van der Waals surface area contributed by atoms with Crippen LogP contribution >= 0.6 is 0 Å². The minimum Gasteiger partial charge on any atom is -0.481 e. The van der Waals surface area contributed by atoms with E-state index in [1.54, 1.807) is 13.0 Å². The number of carboxylic acid groups (broad SMARTS) is 1. The summed E-state index contributed by atoms with van der Waals surface area (Å²) in [6.07, 6.45) is 2.47. The fourth-order valence-electron chi connectivity index (χ4n) is 2.83. The first-order valence-corrected chi connectivity index (χ1v) is 7.81. The lowest BCUT2D eigenvalue weighted by molar-refractivity contribution is -0.140. The molecule has 1 aromatic carbocycles. The molecule has 0 aliphatic carbocycles. The predicted octanol–water partition coefficient (Wildman–Crippen LogP) is 2.18. The second-order valence-electron chi connectivity index (χ2n) is 5.86. The zero-order valence-electron chi connectivity index (χ0n) is 13.0. The number of nitrogens with zero attached hydrogens (tertiary/aromatic N) is 3. The van der Waals surface area contributed by atoms with Crippen molar-refractivity contribution in [2.24, 2.45) is 5.92 Å². The van der Waals surface area contributed by atoms with Gasteiger partial charge in [0.05, 0.1) is 17.2 Å². The number of anilines is 1. The van der Waals surface area contributed by atoms with E-state index < -0.39 is 11.9 Å². The van der Waals surface area contributed by atoms with E-state index in [-0.39, 0.29) is 0 Å². The first kappa shape index (κ1) is 16.3. The molecule has 0 saturated carbocycles. The summed E-state index contributed by atoms with van der Waals surface area (Å²) in [6, 6.07) is 9.61. The third-order valence-electron chi connectivity index (χ3n) is 4.17. The maximum Gasteiger partial charge on any atom is 0.308 e. The molecule has 1 saturated heterocycles. The number of aliphatic carboxylic acids is 1. The van der Waals surface area contributed by atoms with Gasteiger partial charge in [0.1, 0.15) is 6.07 Å². The molecule has 1 fully saturated rings. The van der Waals surface area contributed by atoms with Gasteiger partial charge in [-0.25, -0.2) is 0 Å². The maximum atomic E-state index is 11.2. The van der Waals surface area contributed by atoms with Crippen LogP contribution in [0.3, 0.4) is 0 Å². The summed E-state index contributed by atoms with van der Waals surface area (Å²) in [4.78, 5) is 15.6. The third-order valence-corrected chi connectivity index (χ3v) is 4.17. The number of benzene rings is 1. The van der Waals surface area contributed by atoms with Gasteiger partial charge in [-0.2, -0.15) is 5.26 Å². The molecule has 5 nitrogen and oxygen atoms in total. The van der Waals surface area contributed by atoms with Gasteiger partial charge in [0, 0.05) is 19.6 Å². The number of carbonyl (C=O) groups is 1. The summed E-state index contributed by atoms with van der Waals surface area (Å²) < 4.78 is 0. The first-order valence-electron chi connectivity index (χ1n) is 7.81. The minimum absolute atomic E-state index is 0.419. The van der Waals surface area contributed by atoms with Gasteiger partial charge >= 0.3 is 5.97 Å². The lowest BCUT2D eigenvalue weighted by atomic mass is 10.1. The van der Waals surface area contributed by atoms with Gasteiger partial charge in [0.2, 0.25) is 0 Å². The van der Waals surface area contributed by atoms with Crippen molar-refractivity contribution in [2.45, 2.75) is 19.8 Å². The second kappa shape index (κ2) is 7.81. The molecule has 1 N–H and O–H groups in total. The number of para-hydroxylation sites is 1. The van der Waals surface area contributed by atoms with Crippen molar-refractivity contribution in [3.8, 4) is 6.07 Å². The van der Waals surface area contributed by atoms with Crippen molar-refractivity contribution >= 4 is 11.7 Å².